The van der Waals surface area contributed by atoms with Crippen molar-refractivity contribution in [1.82, 2.24) is 4.90 Å². The fourth-order valence-corrected chi connectivity index (χ4v) is 2.76. The van der Waals surface area contributed by atoms with Gasteiger partial charge >= 0.3 is 6.03 Å². The van der Waals surface area contributed by atoms with Crippen LogP contribution in [0, 0.1) is 0 Å². The first kappa shape index (κ1) is 15.8. The van der Waals surface area contributed by atoms with Crippen LogP contribution in [-0.4, -0.2) is 49.9 Å². The van der Waals surface area contributed by atoms with Crippen molar-refractivity contribution in [3.8, 4) is 0 Å². The number of carbonyl (C=O) groups is 2. The third kappa shape index (κ3) is 3.36. The summed E-state index contributed by atoms with van der Waals surface area (Å²) in [6, 6.07) is 5.35. The molecule has 0 radical (unpaired) electrons. The molecule has 0 saturated carbocycles. The first-order chi connectivity index (χ1) is 9.70. The molecular weight excluding hydrogens is 316 g/mol. The fourth-order valence-electron chi connectivity index (χ4n) is 2.12. The Hall–Kier alpha value is -1.60. The van der Waals surface area contributed by atoms with E-state index in [4.69, 9.17) is 11.6 Å². The lowest BCUT2D eigenvalue weighted by atomic mass is 10.2. The largest absolute Gasteiger partial charge is 0.332 e. The van der Waals surface area contributed by atoms with Gasteiger partial charge in [-0.25, -0.2) is 13.2 Å². The van der Waals surface area contributed by atoms with E-state index < -0.39 is 27.8 Å². The average molecular weight is 331 g/mol. The Morgan fingerprint density at radius 3 is 2.29 bits per heavy atom. The zero-order valence-corrected chi connectivity index (χ0v) is 13.2. The Morgan fingerprint density at radius 1 is 1.19 bits per heavy atom. The van der Waals surface area contributed by atoms with E-state index in [-0.39, 0.29) is 12.3 Å². The summed E-state index contributed by atoms with van der Waals surface area (Å²) in [5.74, 6) is -0.648. The number of anilines is 1. The standard InChI is InChI=1S/C13H15ClN2O4S/c1-9-12(17)15(7-8-21(2,19)20)13(18)16(9)11-5-3-10(14)4-6-11/h3-6,9H,7-8H2,1-2H3/t9-/m1/s1. The molecule has 6 nitrogen and oxygen atoms in total. The molecule has 2 rings (SSSR count). The smallest absolute Gasteiger partial charge is 0.282 e. The topological polar surface area (TPSA) is 74.8 Å². The third-order valence-corrected chi connectivity index (χ3v) is 4.41. The number of halogens is 1. The fraction of sp³-hybridized carbons (Fsp3) is 0.385. The summed E-state index contributed by atoms with van der Waals surface area (Å²) in [6.45, 7) is 1.47. The molecule has 114 valence electrons. The SMILES string of the molecule is C[C@@H]1C(=O)N(CCS(C)(=O)=O)C(=O)N1c1ccc(Cl)cc1. The molecule has 1 saturated heterocycles. The summed E-state index contributed by atoms with van der Waals surface area (Å²) in [5.41, 5.74) is 0.548. The Balaban J connectivity index is 2.24. The summed E-state index contributed by atoms with van der Waals surface area (Å²) in [4.78, 5) is 26.8. The molecule has 1 aromatic rings. The summed E-state index contributed by atoms with van der Waals surface area (Å²) in [7, 11) is -3.25. The molecule has 0 unspecified atom stereocenters. The van der Waals surface area contributed by atoms with Gasteiger partial charge in [-0.2, -0.15) is 0 Å². The maximum Gasteiger partial charge on any atom is 0.332 e. The summed E-state index contributed by atoms with van der Waals surface area (Å²) >= 11 is 5.80. The van der Waals surface area contributed by atoms with E-state index in [1.54, 1.807) is 31.2 Å². The van der Waals surface area contributed by atoms with Gasteiger partial charge in [0.05, 0.1) is 5.75 Å². The molecule has 1 heterocycles. The van der Waals surface area contributed by atoms with Crippen molar-refractivity contribution in [2.45, 2.75) is 13.0 Å². The highest BCUT2D eigenvalue weighted by atomic mass is 35.5. The molecule has 0 bridgehead atoms. The van der Waals surface area contributed by atoms with Crippen LogP contribution >= 0.6 is 11.6 Å². The number of hydrogen-bond donors (Lipinski definition) is 0. The highest BCUT2D eigenvalue weighted by Gasteiger charge is 2.43. The van der Waals surface area contributed by atoms with Gasteiger partial charge in [0.2, 0.25) is 0 Å². The number of amides is 3. The molecule has 1 aliphatic heterocycles. The maximum atomic E-state index is 12.3. The predicted octanol–water partition coefficient (Wildman–Crippen LogP) is 1.54. The lowest BCUT2D eigenvalue weighted by Gasteiger charge is -2.19. The van der Waals surface area contributed by atoms with Crippen LogP contribution in [0.15, 0.2) is 24.3 Å². The molecule has 0 aliphatic carbocycles. The number of rotatable bonds is 4. The Morgan fingerprint density at radius 2 is 1.76 bits per heavy atom. The quantitative estimate of drug-likeness (QED) is 0.785. The number of urea groups is 1. The second kappa shape index (κ2) is 5.65. The zero-order chi connectivity index (χ0) is 15.8. The predicted molar refractivity (Wildman–Crippen MR) is 80.2 cm³/mol. The minimum atomic E-state index is -3.25. The Bertz CT molecular complexity index is 672. The van der Waals surface area contributed by atoms with Crippen molar-refractivity contribution in [3.05, 3.63) is 29.3 Å². The number of hydrogen-bond acceptors (Lipinski definition) is 4. The molecule has 1 aliphatic rings. The minimum absolute atomic E-state index is 0.134. The van der Waals surface area contributed by atoms with E-state index in [2.05, 4.69) is 0 Å². The van der Waals surface area contributed by atoms with Crippen LogP contribution in [0.5, 0.6) is 0 Å². The average Bonchev–Trinajstić information content (AvgIpc) is 2.59. The number of imide groups is 1. The molecule has 1 fully saturated rings. The number of sulfone groups is 1. The van der Waals surface area contributed by atoms with Crippen LogP contribution in [0.3, 0.4) is 0 Å². The van der Waals surface area contributed by atoms with Crippen molar-refractivity contribution < 1.29 is 18.0 Å². The maximum absolute atomic E-state index is 12.3. The van der Waals surface area contributed by atoms with Crippen LogP contribution in [0.4, 0.5) is 10.5 Å². The monoisotopic (exact) mass is 330 g/mol. The number of benzene rings is 1. The summed E-state index contributed by atoms with van der Waals surface area (Å²) in [5, 5.41) is 0.526. The molecule has 0 N–H and O–H groups in total. The summed E-state index contributed by atoms with van der Waals surface area (Å²) in [6.07, 6.45) is 1.07. The van der Waals surface area contributed by atoms with Crippen LogP contribution in [-0.2, 0) is 14.6 Å². The molecule has 1 aromatic carbocycles. The third-order valence-electron chi connectivity index (χ3n) is 3.24. The molecule has 21 heavy (non-hydrogen) atoms. The summed E-state index contributed by atoms with van der Waals surface area (Å²) < 4.78 is 22.4. The normalized spacial score (nSPS) is 19.5. The molecule has 3 amide bonds. The van der Waals surface area contributed by atoms with Crippen LogP contribution < -0.4 is 4.90 Å². The number of carbonyl (C=O) groups excluding carboxylic acids is 2. The molecule has 1 atom stereocenters. The molecule has 0 aromatic heterocycles. The van der Waals surface area contributed by atoms with Crippen LogP contribution in [0.1, 0.15) is 6.92 Å². The van der Waals surface area contributed by atoms with Crippen molar-refractivity contribution >= 4 is 39.1 Å². The molecular formula is C13H15ClN2O4S. The zero-order valence-electron chi connectivity index (χ0n) is 11.6. The van der Waals surface area contributed by atoms with Gasteiger partial charge in [0, 0.05) is 23.5 Å². The van der Waals surface area contributed by atoms with Gasteiger partial charge in [-0.3, -0.25) is 14.6 Å². The second-order valence-corrected chi connectivity index (χ2v) is 7.62. The van der Waals surface area contributed by atoms with Gasteiger partial charge in [-0.15, -0.1) is 0 Å². The first-order valence-corrected chi connectivity index (χ1v) is 8.72. The van der Waals surface area contributed by atoms with E-state index >= 15 is 0 Å². The van der Waals surface area contributed by atoms with E-state index in [1.807, 2.05) is 0 Å². The minimum Gasteiger partial charge on any atom is -0.282 e. The van der Waals surface area contributed by atoms with E-state index in [9.17, 15) is 18.0 Å². The number of nitrogens with zero attached hydrogens (tertiary/aromatic N) is 2. The highest BCUT2D eigenvalue weighted by molar-refractivity contribution is 7.90. The van der Waals surface area contributed by atoms with E-state index in [1.165, 1.54) is 4.90 Å². The lowest BCUT2D eigenvalue weighted by molar-refractivity contribution is -0.126. The Labute approximate surface area is 128 Å². The first-order valence-electron chi connectivity index (χ1n) is 6.28. The van der Waals surface area contributed by atoms with Gasteiger partial charge in [0.1, 0.15) is 15.9 Å². The molecule has 8 heteroatoms. The second-order valence-electron chi connectivity index (χ2n) is 4.92. The van der Waals surface area contributed by atoms with E-state index in [0.717, 1.165) is 11.2 Å². The van der Waals surface area contributed by atoms with Gasteiger partial charge in [0.15, 0.2) is 0 Å². The van der Waals surface area contributed by atoms with Crippen LogP contribution in [0.25, 0.3) is 0 Å². The van der Waals surface area contributed by atoms with Crippen molar-refractivity contribution in [3.63, 3.8) is 0 Å². The Kier molecular flexibility index (Phi) is 4.25. The van der Waals surface area contributed by atoms with Gasteiger partial charge in [-0.05, 0) is 31.2 Å². The lowest BCUT2D eigenvalue weighted by Crippen LogP contribution is -2.36. The highest BCUT2D eigenvalue weighted by Crippen LogP contribution is 2.26. The van der Waals surface area contributed by atoms with Gasteiger partial charge in [0.25, 0.3) is 5.91 Å². The van der Waals surface area contributed by atoms with Gasteiger partial charge in [-0.1, -0.05) is 11.6 Å². The van der Waals surface area contributed by atoms with E-state index in [0.29, 0.717) is 10.7 Å². The van der Waals surface area contributed by atoms with Crippen LogP contribution in [0.2, 0.25) is 5.02 Å². The van der Waals surface area contributed by atoms with Crippen molar-refractivity contribution in [1.29, 1.82) is 0 Å². The molecule has 0 spiro atoms. The van der Waals surface area contributed by atoms with Crippen molar-refractivity contribution in [2.24, 2.45) is 0 Å². The van der Waals surface area contributed by atoms with Gasteiger partial charge < -0.3 is 0 Å². The van der Waals surface area contributed by atoms with Crippen molar-refractivity contribution in [2.75, 3.05) is 23.5 Å².